The highest BCUT2D eigenvalue weighted by atomic mass is 16.5. The zero-order valence-corrected chi connectivity index (χ0v) is 12.2. The zero-order valence-electron chi connectivity index (χ0n) is 12.2. The quantitative estimate of drug-likeness (QED) is 0.741. The van der Waals surface area contributed by atoms with E-state index in [9.17, 15) is 4.79 Å². The van der Waals surface area contributed by atoms with E-state index in [0.29, 0.717) is 12.3 Å². The van der Waals surface area contributed by atoms with E-state index in [1.165, 1.54) is 5.56 Å². The molecule has 22 heavy (non-hydrogen) atoms. The van der Waals surface area contributed by atoms with Gasteiger partial charge in [0.25, 0.3) is 0 Å². The number of rotatable bonds is 4. The number of hydrogen-bond donors (Lipinski definition) is 1. The molecule has 3 aromatic rings. The highest BCUT2D eigenvalue weighted by Gasteiger charge is 2.11. The molecule has 0 aliphatic rings. The molecule has 0 fully saturated rings. The number of nitrogens with zero attached hydrogens (tertiary/aromatic N) is 1. The molecule has 0 radical (unpaired) electrons. The van der Waals surface area contributed by atoms with Gasteiger partial charge in [0.05, 0.1) is 12.3 Å². The number of esters is 1. The van der Waals surface area contributed by atoms with E-state index < -0.39 is 0 Å². The van der Waals surface area contributed by atoms with Crippen molar-refractivity contribution in [2.24, 2.45) is 0 Å². The van der Waals surface area contributed by atoms with Gasteiger partial charge in [0, 0.05) is 5.56 Å². The van der Waals surface area contributed by atoms with Crippen molar-refractivity contribution in [3.8, 4) is 22.4 Å². The Kier molecular flexibility index (Phi) is 4.01. The summed E-state index contributed by atoms with van der Waals surface area (Å²) < 4.78 is 4.94. The minimum Gasteiger partial charge on any atom is -0.461 e. The van der Waals surface area contributed by atoms with Crippen LogP contribution in [0, 0.1) is 0 Å². The third-order valence-corrected chi connectivity index (χ3v) is 3.36. The lowest BCUT2D eigenvalue weighted by molar-refractivity contribution is 0.0519. The molecular formula is C18H16N2O2. The molecule has 4 nitrogen and oxygen atoms in total. The van der Waals surface area contributed by atoms with Crippen molar-refractivity contribution in [2.75, 3.05) is 6.61 Å². The predicted molar refractivity (Wildman–Crippen MR) is 85.4 cm³/mol. The molecule has 0 unspecified atom stereocenters. The van der Waals surface area contributed by atoms with Gasteiger partial charge in [0.1, 0.15) is 5.69 Å². The van der Waals surface area contributed by atoms with Gasteiger partial charge in [-0.3, -0.25) is 5.10 Å². The number of nitrogens with one attached hydrogen (secondary N) is 1. The maximum absolute atomic E-state index is 11.6. The second-order valence-corrected chi connectivity index (χ2v) is 4.83. The Morgan fingerprint density at radius 1 is 1.00 bits per heavy atom. The Morgan fingerprint density at radius 2 is 1.64 bits per heavy atom. The summed E-state index contributed by atoms with van der Waals surface area (Å²) in [5.74, 6) is -0.387. The Hall–Kier alpha value is -2.88. The number of hydrogen-bond acceptors (Lipinski definition) is 3. The zero-order chi connectivity index (χ0) is 15.4. The highest BCUT2D eigenvalue weighted by molar-refractivity contribution is 5.88. The summed E-state index contributed by atoms with van der Waals surface area (Å²) in [5.41, 5.74) is 4.35. The molecule has 0 spiro atoms. The number of ether oxygens (including phenoxy) is 1. The first kappa shape index (κ1) is 14.1. The SMILES string of the molecule is CCOC(=O)c1cc(-c2ccc(-c3ccccc3)cc2)n[nH]1. The summed E-state index contributed by atoms with van der Waals surface area (Å²) in [6.45, 7) is 2.12. The van der Waals surface area contributed by atoms with Crippen LogP contribution in [0.5, 0.6) is 0 Å². The lowest BCUT2D eigenvalue weighted by atomic mass is 10.0. The van der Waals surface area contributed by atoms with Gasteiger partial charge in [-0.1, -0.05) is 54.6 Å². The molecule has 1 aromatic heterocycles. The molecule has 2 aromatic carbocycles. The molecule has 0 bridgehead atoms. The van der Waals surface area contributed by atoms with Crippen LogP contribution in [0.1, 0.15) is 17.4 Å². The minimum absolute atomic E-state index is 0.346. The van der Waals surface area contributed by atoms with Gasteiger partial charge >= 0.3 is 5.97 Å². The summed E-state index contributed by atoms with van der Waals surface area (Å²) in [5, 5.41) is 6.88. The third kappa shape index (κ3) is 2.91. The van der Waals surface area contributed by atoms with Crippen molar-refractivity contribution in [2.45, 2.75) is 6.92 Å². The fourth-order valence-electron chi connectivity index (χ4n) is 2.25. The van der Waals surface area contributed by atoms with Gasteiger partial charge < -0.3 is 4.74 Å². The molecule has 0 saturated heterocycles. The highest BCUT2D eigenvalue weighted by Crippen LogP contribution is 2.24. The van der Waals surface area contributed by atoms with E-state index in [4.69, 9.17) is 4.74 Å². The first-order chi connectivity index (χ1) is 10.8. The number of H-pyrrole nitrogens is 1. The van der Waals surface area contributed by atoms with Crippen LogP contribution >= 0.6 is 0 Å². The first-order valence-electron chi connectivity index (χ1n) is 7.16. The van der Waals surface area contributed by atoms with Crippen LogP contribution in [0.4, 0.5) is 0 Å². The van der Waals surface area contributed by atoms with Crippen molar-refractivity contribution in [3.63, 3.8) is 0 Å². The van der Waals surface area contributed by atoms with Gasteiger partial charge in [-0.25, -0.2) is 4.79 Å². The maximum atomic E-state index is 11.6. The van der Waals surface area contributed by atoms with Crippen molar-refractivity contribution >= 4 is 5.97 Å². The van der Waals surface area contributed by atoms with Crippen LogP contribution in [0.2, 0.25) is 0 Å². The smallest absolute Gasteiger partial charge is 0.356 e. The van der Waals surface area contributed by atoms with Gasteiger partial charge in [0.2, 0.25) is 0 Å². The number of benzene rings is 2. The Bertz CT molecular complexity index is 761. The predicted octanol–water partition coefficient (Wildman–Crippen LogP) is 3.92. The Balaban J connectivity index is 1.83. The van der Waals surface area contributed by atoms with E-state index in [2.05, 4.69) is 22.3 Å². The summed E-state index contributed by atoms with van der Waals surface area (Å²) in [7, 11) is 0. The summed E-state index contributed by atoms with van der Waals surface area (Å²) in [6, 6.07) is 20.0. The van der Waals surface area contributed by atoms with Crippen LogP contribution in [0.15, 0.2) is 60.7 Å². The topological polar surface area (TPSA) is 55.0 Å². The van der Waals surface area contributed by atoms with Crippen molar-refractivity contribution in [1.29, 1.82) is 0 Å². The standard InChI is InChI=1S/C18H16N2O2/c1-2-22-18(21)17-12-16(19-20-17)15-10-8-14(9-11-15)13-6-4-3-5-7-13/h3-12H,2H2,1H3,(H,19,20). The molecule has 110 valence electrons. The first-order valence-corrected chi connectivity index (χ1v) is 7.16. The molecule has 0 saturated carbocycles. The van der Waals surface area contributed by atoms with E-state index in [1.807, 2.05) is 42.5 Å². The molecule has 3 rings (SSSR count). The second-order valence-electron chi connectivity index (χ2n) is 4.83. The lowest BCUT2D eigenvalue weighted by Gasteiger charge is -2.02. The molecule has 4 heteroatoms. The average Bonchev–Trinajstić information content (AvgIpc) is 3.06. The van der Waals surface area contributed by atoms with E-state index in [0.717, 1.165) is 16.8 Å². The molecule has 0 aliphatic carbocycles. The van der Waals surface area contributed by atoms with Crippen molar-refractivity contribution < 1.29 is 9.53 Å². The number of aromatic amines is 1. The van der Waals surface area contributed by atoms with Crippen molar-refractivity contribution in [1.82, 2.24) is 10.2 Å². The number of carbonyl (C=O) groups is 1. The fourth-order valence-corrected chi connectivity index (χ4v) is 2.25. The van der Waals surface area contributed by atoms with Crippen molar-refractivity contribution in [3.05, 3.63) is 66.4 Å². The number of aromatic nitrogens is 2. The second kappa shape index (κ2) is 6.26. The van der Waals surface area contributed by atoms with Gasteiger partial charge in [0.15, 0.2) is 0 Å². The fraction of sp³-hybridized carbons (Fsp3) is 0.111. The van der Waals surface area contributed by atoms with Crippen LogP contribution in [0.25, 0.3) is 22.4 Å². The van der Waals surface area contributed by atoms with Crippen LogP contribution in [-0.2, 0) is 4.74 Å². The molecular weight excluding hydrogens is 276 g/mol. The Morgan fingerprint density at radius 3 is 2.32 bits per heavy atom. The molecule has 0 aliphatic heterocycles. The normalized spacial score (nSPS) is 10.4. The summed E-state index contributed by atoms with van der Waals surface area (Å²) in [6.07, 6.45) is 0. The van der Waals surface area contributed by atoms with Crippen LogP contribution in [-0.4, -0.2) is 22.8 Å². The molecule has 0 amide bonds. The number of carbonyl (C=O) groups excluding carboxylic acids is 1. The maximum Gasteiger partial charge on any atom is 0.356 e. The Labute approximate surface area is 128 Å². The molecule has 1 heterocycles. The van der Waals surface area contributed by atoms with E-state index in [-0.39, 0.29) is 5.97 Å². The summed E-state index contributed by atoms with van der Waals surface area (Å²) in [4.78, 5) is 11.6. The van der Waals surface area contributed by atoms with Crippen LogP contribution < -0.4 is 0 Å². The van der Waals surface area contributed by atoms with E-state index in [1.54, 1.807) is 13.0 Å². The monoisotopic (exact) mass is 292 g/mol. The van der Waals surface area contributed by atoms with E-state index >= 15 is 0 Å². The van der Waals surface area contributed by atoms with Gasteiger partial charge in [-0.15, -0.1) is 0 Å². The van der Waals surface area contributed by atoms with Gasteiger partial charge in [-0.05, 0) is 24.1 Å². The average molecular weight is 292 g/mol. The third-order valence-electron chi connectivity index (χ3n) is 3.36. The molecule has 1 N–H and O–H groups in total. The van der Waals surface area contributed by atoms with Gasteiger partial charge in [-0.2, -0.15) is 5.10 Å². The summed E-state index contributed by atoms with van der Waals surface area (Å²) >= 11 is 0. The lowest BCUT2D eigenvalue weighted by Crippen LogP contribution is -2.04. The minimum atomic E-state index is -0.387. The largest absolute Gasteiger partial charge is 0.461 e. The molecule has 0 atom stereocenters. The van der Waals surface area contributed by atoms with Crippen LogP contribution in [0.3, 0.4) is 0 Å².